The van der Waals surface area contributed by atoms with Crippen LogP contribution in [-0.4, -0.2) is 34.8 Å². The predicted octanol–water partition coefficient (Wildman–Crippen LogP) is 3.49. The number of unbranched alkanes of at least 4 members (excludes halogenated alkanes) is 5. The average molecular weight is 276 g/mol. The summed E-state index contributed by atoms with van der Waals surface area (Å²) in [7, 11) is 0. The smallest absolute Gasteiger partial charge is 0.108 e. The Morgan fingerprint density at radius 1 is 0.750 bits per heavy atom. The zero-order chi connectivity index (χ0) is 15.5. The molecule has 6 nitrogen and oxygen atoms in total. The standard InChI is InChI=1S/C14H24N6/c1-2-3-4-5-6-7-8-10(16)12(18)14(20)13(19)11(17)9-15/h9,15-20H,2-8H2,1H3. The van der Waals surface area contributed by atoms with Crippen molar-refractivity contribution < 1.29 is 0 Å². The normalized spacial score (nSPS) is 9.85. The van der Waals surface area contributed by atoms with Gasteiger partial charge in [-0.1, -0.05) is 39.0 Å². The minimum Gasteiger partial charge on any atom is -0.306 e. The van der Waals surface area contributed by atoms with Gasteiger partial charge in [-0.2, -0.15) is 0 Å². The van der Waals surface area contributed by atoms with Crippen LogP contribution in [0.15, 0.2) is 0 Å². The number of hydrogen-bond donors (Lipinski definition) is 6. The second-order valence-electron chi connectivity index (χ2n) is 4.68. The molecule has 0 unspecified atom stereocenters. The van der Waals surface area contributed by atoms with Gasteiger partial charge in [-0.3, -0.25) is 21.6 Å². The highest BCUT2D eigenvalue weighted by Crippen LogP contribution is 2.07. The van der Waals surface area contributed by atoms with Crippen molar-refractivity contribution in [3.05, 3.63) is 0 Å². The van der Waals surface area contributed by atoms with Crippen LogP contribution < -0.4 is 0 Å². The number of nitrogens with one attached hydrogen (secondary N) is 6. The van der Waals surface area contributed by atoms with Gasteiger partial charge in [0.2, 0.25) is 0 Å². The molecule has 0 aromatic heterocycles. The molecule has 0 saturated carbocycles. The third-order valence-corrected chi connectivity index (χ3v) is 3.00. The van der Waals surface area contributed by atoms with Crippen molar-refractivity contribution >= 4 is 34.8 Å². The van der Waals surface area contributed by atoms with Gasteiger partial charge in [-0.05, 0) is 12.8 Å². The maximum absolute atomic E-state index is 7.74. The topological polar surface area (TPSA) is 143 Å². The van der Waals surface area contributed by atoms with E-state index in [9.17, 15) is 0 Å². The molecule has 0 bridgehead atoms. The first-order chi connectivity index (χ1) is 9.45. The van der Waals surface area contributed by atoms with Crippen LogP contribution in [0.3, 0.4) is 0 Å². The third kappa shape index (κ3) is 6.26. The van der Waals surface area contributed by atoms with Gasteiger partial charge in [0.1, 0.15) is 17.1 Å². The Balaban J connectivity index is 4.12. The molecular weight excluding hydrogens is 252 g/mol. The zero-order valence-electron chi connectivity index (χ0n) is 12.0. The highest BCUT2D eigenvalue weighted by Gasteiger charge is 2.17. The first kappa shape index (κ1) is 18.0. The molecular formula is C14H24N6. The van der Waals surface area contributed by atoms with Gasteiger partial charge in [-0.25, -0.2) is 0 Å². The Morgan fingerprint density at radius 3 is 1.85 bits per heavy atom. The minimum atomic E-state index is -0.474. The Bertz CT molecular complexity index is 421. The van der Waals surface area contributed by atoms with Crippen LogP contribution in [0.5, 0.6) is 0 Å². The molecule has 6 N–H and O–H groups in total. The quantitative estimate of drug-likeness (QED) is 0.229. The van der Waals surface area contributed by atoms with E-state index in [2.05, 4.69) is 6.92 Å². The lowest BCUT2D eigenvalue weighted by molar-refractivity contribution is 0.616. The van der Waals surface area contributed by atoms with Crippen LogP contribution in [0.4, 0.5) is 0 Å². The lowest BCUT2D eigenvalue weighted by Crippen LogP contribution is -2.33. The van der Waals surface area contributed by atoms with E-state index in [-0.39, 0.29) is 11.4 Å². The van der Waals surface area contributed by atoms with Crippen molar-refractivity contribution in [2.24, 2.45) is 0 Å². The molecule has 110 valence electrons. The second-order valence-corrected chi connectivity index (χ2v) is 4.68. The highest BCUT2D eigenvalue weighted by atomic mass is 14.6. The molecule has 0 heterocycles. The molecule has 20 heavy (non-hydrogen) atoms. The predicted molar refractivity (Wildman–Crippen MR) is 85.4 cm³/mol. The minimum absolute atomic E-state index is 0.0352. The van der Waals surface area contributed by atoms with Crippen molar-refractivity contribution in [3.63, 3.8) is 0 Å². The molecule has 0 spiro atoms. The van der Waals surface area contributed by atoms with Crippen LogP contribution in [0.2, 0.25) is 0 Å². The molecule has 6 heteroatoms. The van der Waals surface area contributed by atoms with E-state index >= 15 is 0 Å². The van der Waals surface area contributed by atoms with Crippen LogP contribution in [0.25, 0.3) is 0 Å². The molecule has 0 aliphatic rings. The van der Waals surface area contributed by atoms with E-state index in [0.29, 0.717) is 12.6 Å². The lowest BCUT2D eigenvalue weighted by Gasteiger charge is -2.08. The Kier molecular flexibility index (Phi) is 8.91. The fourth-order valence-corrected chi connectivity index (χ4v) is 1.69. The van der Waals surface area contributed by atoms with Crippen LogP contribution >= 0.6 is 0 Å². The van der Waals surface area contributed by atoms with Crippen LogP contribution in [0.1, 0.15) is 51.9 Å². The number of hydrogen-bond acceptors (Lipinski definition) is 6. The summed E-state index contributed by atoms with van der Waals surface area (Å²) in [5, 5.41) is 44.6. The molecule has 0 aliphatic heterocycles. The molecule has 0 aromatic rings. The molecule has 0 rings (SSSR count). The summed E-state index contributed by atoms with van der Waals surface area (Å²) >= 11 is 0. The average Bonchev–Trinajstić information content (AvgIpc) is 2.47. The lowest BCUT2D eigenvalue weighted by atomic mass is 9.99. The maximum Gasteiger partial charge on any atom is 0.108 e. The second kappa shape index (κ2) is 9.89. The van der Waals surface area contributed by atoms with Crippen molar-refractivity contribution in [3.8, 4) is 0 Å². The Morgan fingerprint density at radius 2 is 1.30 bits per heavy atom. The molecule has 0 amide bonds. The Hall–Kier alpha value is -1.98. The van der Waals surface area contributed by atoms with Crippen molar-refractivity contribution in [1.82, 2.24) is 0 Å². The fraction of sp³-hybridized carbons (Fsp3) is 0.571. The first-order valence-electron chi connectivity index (χ1n) is 6.89. The first-order valence-corrected chi connectivity index (χ1v) is 6.89. The summed E-state index contributed by atoms with van der Waals surface area (Å²) in [6, 6.07) is 0. The Labute approximate surface area is 120 Å². The van der Waals surface area contributed by atoms with E-state index in [1.165, 1.54) is 19.3 Å². The van der Waals surface area contributed by atoms with Crippen molar-refractivity contribution in [1.29, 1.82) is 32.5 Å². The SMILES string of the molecule is CCCCCCCCC(=N)C(=N)C(=N)C(=N)C(=N)C=N. The van der Waals surface area contributed by atoms with Crippen LogP contribution in [-0.2, 0) is 0 Å². The van der Waals surface area contributed by atoms with Gasteiger partial charge in [0, 0.05) is 6.21 Å². The summed E-state index contributed by atoms with van der Waals surface area (Å²) < 4.78 is 0. The maximum atomic E-state index is 7.74. The zero-order valence-corrected chi connectivity index (χ0v) is 12.0. The van der Waals surface area contributed by atoms with Gasteiger partial charge in [0.25, 0.3) is 0 Å². The van der Waals surface area contributed by atoms with E-state index < -0.39 is 17.1 Å². The van der Waals surface area contributed by atoms with E-state index in [1.807, 2.05) is 0 Å². The molecule has 0 radical (unpaired) electrons. The van der Waals surface area contributed by atoms with Crippen LogP contribution in [0, 0.1) is 32.5 Å². The van der Waals surface area contributed by atoms with Gasteiger partial charge >= 0.3 is 0 Å². The van der Waals surface area contributed by atoms with Crippen molar-refractivity contribution in [2.75, 3.05) is 0 Å². The fourth-order valence-electron chi connectivity index (χ4n) is 1.69. The van der Waals surface area contributed by atoms with Gasteiger partial charge < -0.3 is 10.8 Å². The third-order valence-electron chi connectivity index (χ3n) is 3.00. The summed E-state index contributed by atoms with van der Waals surface area (Å²) in [4.78, 5) is 0. The molecule has 0 aromatic carbocycles. The van der Waals surface area contributed by atoms with Gasteiger partial charge in [-0.15, -0.1) is 0 Å². The summed E-state index contributed by atoms with van der Waals surface area (Å²) in [5.74, 6) is 0. The van der Waals surface area contributed by atoms with E-state index in [4.69, 9.17) is 32.5 Å². The molecule has 0 fully saturated rings. The highest BCUT2D eigenvalue weighted by molar-refractivity contribution is 6.93. The molecule has 0 atom stereocenters. The largest absolute Gasteiger partial charge is 0.306 e. The molecule has 0 saturated heterocycles. The molecule has 0 aliphatic carbocycles. The summed E-state index contributed by atoms with van der Waals surface area (Å²) in [6.45, 7) is 2.16. The van der Waals surface area contributed by atoms with Gasteiger partial charge in [0.15, 0.2) is 0 Å². The summed E-state index contributed by atoms with van der Waals surface area (Å²) in [6.07, 6.45) is 7.66. The van der Waals surface area contributed by atoms with Gasteiger partial charge in [0.05, 0.1) is 11.4 Å². The monoisotopic (exact) mass is 276 g/mol. The van der Waals surface area contributed by atoms with E-state index in [0.717, 1.165) is 19.3 Å². The van der Waals surface area contributed by atoms with E-state index in [1.54, 1.807) is 0 Å². The van der Waals surface area contributed by atoms with Crippen molar-refractivity contribution in [2.45, 2.75) is 51.9 Å². The summed E-state index contributed by atoms with van der Waals surface area (Å²) in [5.41, 5.74) is -1.61. The number of rotatable bonds is 12.